The molecule has 0 unspecified atom stereocenters. The first kappa shape index (κ1) is 18.5. The molecule has 7 heteroatoms. The lowest BCUT2D eigenvalue weighted by Gasteiger charge is -2.21. The van der Waals surface area contributed by atoms with Gasteiger partial charge in [-0.25, -0.2) is 13.1 Å². The average molecular weight is 346 g/mol. The van der Waals surface area contributed by atoms with E-state index in [9.17, 15) is 13.4 Å². The zero-order valence-electron chi connectivity index (χ0n) is 14.4. The van der Waals surface area contributed by atoms with E-state index in [-0.39, 0.29) is 4.90 Å². The van der Waals surface area contributed by atoms with Crippen LogP contribution in [0.15, 0.2) is 53.4 Å². The lowest BCUT2D eigenvalue weighted by atomic mass is 9.88. The van der Waals surface area contributed by atoms with Gasteiger partial charge in [-0.2, -0.15) is 0 Å². The molecule has 2 aromatic rings. The summed E-state index contributed by atoms with van der Waals surface area (Å²) in [5.41, 5.74) is 1.64. The summed E-state index contributed by atoms with van der Waals surface area (Å²) in [4.78, 5) is 0.246. The third-order valence-corrected chi connectivity index (χ3v) is 5.00. The van der Waals surface area contributed by atoms with E-state index in [0.717, 1.165) is 11.3 Å². The fourth-order valence-electron chi connectivity index (χ4n) is 2.38. The zero-order valence-corrected chi connectivity index (χ0v) is 15.2. The Labute approximate surface area is 144 Å². The molecule has 0 aromatic heterocycles. The van der Waals surface area contributed by atoms with Crippen LogP contribution in [0, 0.1) is 0 Å². The van der Waals surface area contributed by atoms with Crippen molar-refractivity contribution in [1.82, 2.24) is 4.72 Å². The zero-order chi connectivity index (χ0) is 18.0. The van der Waals surface area contributed by atoms with Gasteiger partial charge in [-0.05, 0) is 51.4 Å². The normalized spacial score (nSPS) is 12.0. The Morgan fingerprint density at radius 2 is 1.58 bits per heavy atom. The smallest absolute Gasteiger partial charge is 0.406 e. The van der Waals surface area contributed by atoms with E-state index in [1.807, 2.05) is 51.1 Å². The number of anilines is 1. The molecule has 0 fully saturated rings. The summed E-state index contributed by atoms with van der Waals surface area (Å²) < 4.78 is 28.1. The summed E-state index contributed by atoms with van der Waals surface area (Å²) in [6, 6.07) is 14.2. The van der Waals surface area contributed by atoms with E-state index in [1.165, 1.54) is 0 Å². The van der Waals surface area contributed by atoms with Crippen LogP contribution in [0.3, 0.4) is 0 Å². The van der Waals surface area contributed by atoms with Crippen LogP contribution in [0.1, 0.15) is 20.8 Å². The summed E-state index contributed by atoms with van der Waals surface area (Å²) in [6.45, 7) is 7.06. The quantitative estimate of drug-likeness (QED) is 0.728. The molecule has 0 radical (unpaired) electrons. The molecule has 128 valence electrons. The van der Waals surface area contributed by atoms with E-state index in [1.54, 1.807) is 25.0 Å². The van der Waals surface area contributed by atoms with Crippen molar-refractivity contribution in [2.45, 2.75) is 38.0 Å². The van der Waals surface area contributed by atoms with Gasteiger partial charge in [0.05, 0.1) is 4.90 Å². The predicted molar refractivity (Wildman–Crippen MR) is 99.4 cm³/mol. The molecule has 0 amide bonds. The molecule has 2 rings (SSSR count). The first-order chi connectivity index (χ1) is 11.1. The number of nitrogens with one attached hydrogen (secondary N) is 2. The van der Waals surface area contributed by atoms with Gasteiger partial charge >= 0.3 is 7.05 Å². The van der Waals surface area contributed by atoms with E-state index in [2.05, 4.69) is 9.95 Å². The van der Waals surface area contributed by atoms with Crippen molar-refractivity contribution in [3.8, 4) is 11.1 Å². The highest BCUT2D eigenvalue weighted by atomic mass is 32.2. The number of hydrogen-bond donors (Lipinski definition) is 3. The van der Waals surface area contributed by atoms with Crippen LogP contribution in [-0.4, -0.2) is 26.0 Å². The molecule has 5 nitrogen and oxygen atoms in total. The van der Waals surface area contributed by atoms with E-state index in [4.69, 9.17) is 0 Å². The molecule has 0 saturated carbocycles. The first-order valence-corrected chi connectivity index (χ1v) is 9.25. The summed E-state index contributed by atoms with van der Waals surface area (Å²) in [5, 5.41) is 12.2. The maximum atomic E-state index is 12.7. The molecule has 2 aromatic carbocycles. The van der Waals surface area contributed by atoms with Crippen LogP contribution in [-0.2, 0) is 10.0 Å². The minimum Gasteiger partial charge on any atom is -0.433 e. The highest BCUT2D eigenvalue weighted by molar-refractivity contribution is 7.89. The Kier molecular flexibility index (Phi) is 5.37. The molecule has 0 heterocycles. The second kappa shape index (κ2) is 6.97. The lowest BCUT2D eigenvalue weighted by molar-refractivity contribution is 0.491. The minimum atomic E-state index is -3.63. The average Bonchev–Trinajstić information content (AvgIpc) is 2.45. The minimum absolute atomic E-state index is 0.246. The highest BCUT2D eigenvalue weighted by Gasteiger charge is 2.24. The lowest BCUT2D eigenvalue weighted by Crippen LogP contribution is -2.40. The van der Waals surface area contributed by atoms with Gasteiger partial charge in [0.15, 0.2) is 0 Å². The molecule has 0 aliphatic heterocycles. The van der Waals surface area contributed by atoms with Crippen LogP contribution < -0.4 is 9.95 Å². The highest BCUT2D eigenvalue weighted by Crippen LogP contribution is 2.29. The maximum absolute atomic E-state index is 12.7. The predicted octanol–water partition coefficient (Wildman–Crippen LogP) is 2.95. The van der Waals surface area contributed by atoms with Crippen LogP contribution in [0.25, 0.3) is 11.1 Å². The summed E-state index contributed by atoms with van der Waals surface area (Å²) >= 11 is 0. The molecule has 0 aliphatic rings. The van der Waals surface area contributed by atoms with Crippen molar-refractivity contribution in [3.63, 3.8) is 0 Å². The molecule has 0 aliphatic carbocycles. The second-order valence-electron chi connectivity index (χ2n) is 6.75. The Morgan fingerprint density at radius 1 is 1.00 bits per heavy atom. The van der Waals surface area contributed by atoms with Gasteiger partial charge in [0.1, 0.15) is 0 Å². The van der Waals surface area contributed by atoms with Gasteiger partial charge in [-0.1, -0.05) is 30.3 Å². The second-order valence-corrected chi connectivity index (χ2v) is 8.40. The standard InChI is InChI=1S/C17H23BN2O3S/c1-17(2,3)20-24(22,23)16-8-6-5-7-15(16)13-9-11-14(12-10-13)19-18(4)21/h5-12,19-21H,1-4H3. The van der Waals surface area contributed by atoms with Crippen molar-refractivity contribution in [2.75, 3.05) is 5.23 Å². The van der Waals surface area contributed by atoms with Crippen molar-refractivity contribution in [3.05, 3.63) is 48.5 Å². The molecule has 0 bridgehead atoms. The van der Waals surface area contributed by atoms with E-state index in [0.29, 0.717) is 5.56 Å². The summed E-state index contributed by atoms with van der Waals surface area (Å²) in [5.74, 6) is 0. The first-order valence-electron chi connectivity index (χ1n) is 7.76. The maximum Gasteiger partial charge on any atom is 0.406 e. The van der Waals surface area contributed by atoms with Gasteiger partial charge in [0.2, 0.25) is 10.0 Å². The van der Waals surface area contributed by atoms with Crippen LogP contribution in [0.2, 0.25) is 6.82 Å². The van der Waals surface area contributed by atoms with Gasteiger partial charge in [-0.15, -0.1) is 0 Å². The van der Waals surface area contributed by atoms with Crippen LogP contribution in [0.5, 0.6) is 0 Å². The SMILES string of the molecule is CB(O)Nc1ccc(-c2ccccc2S(=O)(=O)NC(C)(C)C)cc1. The molecular formula is C17H23BN2O3S. The molecule has 24 heavy (non-hydrogen) atoms. The van der Waals surface area contributed by atoms with Crippen molar-refractivity contribution in [1.29, 1.82) is 0 Å². The fourth-order valence-corrected chi connectivity index (χ4v) is 4.03. The molecule has 0 atom stereocenters. The summed E-state index contributed by atoms with van der Waals surface area (Å²) in [7, 11) is -4.28. The molecule has 3 N–H and O–H groups in total. The van der Waals surface area contributed by atoms with Crippen molar-refractivity contribution in [2.24, 2.45) is 0 Å². The van der Waals surface area contributed by atoms with Crippen LogP contribution in [0.4, 0.5) is 5.69 Å². The monoisotopic (exact) mass is 346 g/mol. The molecule has 0 spiro atoms. The van der Waals surface area contributed by atoms with E-state index < -0.39 is 22.6 Å². The Balaban J connectivity index is 2.42. The largest absolute Gasteiger partial charge is 0.433 e. The Morgan fingerprint density at radius 3 is 2.12 bits per heavy atom. The van der Waals surface area contributed by atoms with Gasteiger partial charge < -0.3 is 10.3 Å². The number of hydrogen-bond acceptors (Lipinski definition) is 4. The van der Waals surface area contributed by atoms with Crippen molar-refractivity contribution < 1.29 is 13.4 Å². The molecule has 0 saturated heterocycles. The fraction of sp³-hybridized carbons (Fsp3) is 0.294. The van der Waals surface area contributed by atoms with Gasteiger partial charge in [0, 0.05) is 16.8 Å². The number of sulfonamides is 1. The van der Waals surface area contributed by atoms with E-state index >= 15 is 0 Å². The van der Waals surface area contributed by atoms with Gasteiger partial charge in [-0.3, -0.25) is 0 Å². The third kappa shape index (κ3) is 4.83. The van der Waals surface area contributed by atoms with Crippen LogP contribution >= 0.6 is 0 Å². The van der Waals surface area contributed by atoms with Gasteiger partial charge in [0.25, 0.3) is 0 Å². The number of benzene rings is 2. The van der Waals surface area contributed by atoms with Crippen molar-refractivity contribution >= 4 is 22.8 Å². The Hall–Kier alpha value is -1.83. The topological polar surface area (TPSA) is 78.4 Å². The summed E-state index contributed by atoms with van der Waals surface area (Å²) in [6.07, 6.45) is 0. The third-order valence-electron chi connectivity index (χ3n) is 3.19. The number of rotatable bonds is 5. The molecular weight excluding hydrogens is 323 g/mol. The Bertz CT molecular complexity index is 797.